The first-order chi connectivity index (χ1) is 22.7. The van der Waals surface area contributed by atoms with Crippen molar-refractivity contribution in [2.24, 2.45) is 23.7 Å². The molecule has 0 atom stereocenters. The van der Waals surface area contributed by atoms with Crippen molar-refractivity contribution in [2.75, 3.05) is 0 Å². The zero-order valence-corrected chi connectivity index (χ0v) is 25.4. The van der Waals surface area contributed by atoms with Crippen molar-refractivity contribution >= 4 is 10.8 Å². The molecule has 5 aliphatic rings. The summed E-state index contributed by atoms with van der Waals surface area (Å²) in [7, 11) is 0. The van der Waals surface area contributed by atoms with E-state index in [4.69, 9.17) is 15.0 Å². The molecular weight excluding hydrogens is 562 g/mol. The van der Waals surface area contributed by atoms with E-state index in [-0.39, 0.29) is 5.41 Å². The van der Waals surface area contributed by atoms with Crippen molar-refractivity contribution in [2.45, 2.75) is 37.5 Å². The lowest BCUT2D eigenvalue weighted by molar-refractivity contribution is -0.0399. The van der Waals surface area contributed by atoms with E-state index in [0.29, 0.717) is 34.9 Å². The van der Waals surface area contributed by atoms with Gasteiger partial charge in [0.1, 0.15) is 0 Å². The number of rotatable bonds is 3. The van der Waals surface area contributed by atoms with Gasteiger partial charge in [-0.2, -0.15) is 5.26 Å². The predicted octanol–water partition coefficient (Wildman–Crippen LogP) is 9.02. The fourth-order valence-electron chi connectivity index (χ4n) is 10.0. The Morgan fingerprint density at radius 1 is 0.587 bits per heavy atom. The second-order valence-corrected chi connectivity index (χ2v) is 13.9. The summed E-state index contributed by atoms with van der Waals surface area (Å²) < 4.78 is 0. The first-order valence-corrected chi connectivity index (χ1v) is 16.5. The minimum atomic E-state index is -0.0414. The summed E-state index contributed by atoms with van der Waals surface area (Å²) in [6.45, 7) is 0. The van der Waals surface area contributed by atoms with Gasteiger partial charge in [-0.25, -0.2) is 15.0 Å². The third kappa shape index (κ3) is 3.61. The maximum Gasteiger partial charge on any atom is 0.165 e. The van der Waals surface area contributed by atoms with Gasteiger partial charge in [0.2, 0.25) is 0 Å². The van der Waals surface area contributed by atoms with Crippen molar-refractivity contribution in [3.8, 4) is 51.4 Å². The second kappa shape index (κ2) is 9.64. The van der Waals surface area contributed by atoms with Crippen molar-refractivity contribution in [1.82, 2.24) is 19.9 Å². The Morgan fingerprint density at radius 3 is 2.04 bits per heavy atom. The molecule has 4 aromatic carbocycles. The molecule has 0 radical (unpaired) electrons. The van der Waals surface area contributed by atoms with Crippen molar-refractivity contribution in [3.63, 3.8) is 0 Å². The lowest BCUT2D eigenvalue weighted by Gasteiger charge is -2.61. The average Bonchev–Trinajstić information content (AvgIpc) is 3.39. The lowest BCUT2D eigenvalue weighted by atomic mass is 9.43. The summed E-state index contributed by atoms with van der Waals surface area (Å²) in [6, 6.07) is 34.0. The van der Waals surface area contributed by atoms with E-state index in [1.54, 1.807) is 0 Å². The highest BCUT2D eigenvalue weighted by Gasteiger charge is 2.61. The highest BCUT2D eigenvalue weighted by atomic mass is 15.0. The Balaban J connectivity index is 1.21. The lowest BCUT2D eigenvalue weighted by Crippen LogP contribution is -2.55. The molecular formula is C41H31N5. The topological polar surface area (TPSA) is 75.3 Å². The Labute approximate surface area is 268 Å². The monoisotopic (exact) mass is 593 g/mol. The van der Waals surface area contributed by atoms with E-state index < -0.39 is 0 Å². The Bertz CT molecular complexity index is 2220. The third-order valence-electron chi connectivity index (χ3n) is 11.6. The smallest absolute Gasteiger partial charge is 0.165 e. The molecule has 5 heteroatoms. The Kier molecular flexibility index (Phi) is 5.46. The first kappa shape index (κ1) is 26.1. The number of hydrogen-bond donors (Lipinski definition) is 0. The standard InChI is InChI=1S/C41H31N5/c42-22-30-20-34-35-23-43-13-12-36(35)41(31-15-24-14-25(17-31)18-32(41)16-24)37(34)21-33(30)40-45-38(27-7-2-1-3-8-27)44-39(46-40)29-11-10-26-6-4-5-9-28(26)19-29/h1-13,19-21,23-25,31-32H,14-18H2. The number of hydrogen-bond acceptors (Lipinski definition) is 5. The van der Waals surface area contributed by atoms with Crippen LogP contribution in [0.15, 0.2) is 103 Å². The molecule has 4 bridgehead atoms. The molecule has 1 spiro atoms. The molecule has 0 amide bonds. The molecule has 0 saturated heterocycles. The molecule has 4 saturated carbocycles. The van der Waals surface area contributed by atoms with Crippen LogP contribution in [0.5, 0.6) is 0 Å². The van der Waals surface area contributed by atoms with Crippen molar-refractivity contribution in [1.29, 1.82) is 5.26 Å². The predicted molar refractivity (Wildman–Crippen MR) is 179 cm³/mol. The van der Waals surface area contributed by atoms with Gasteiger partial charge in [-0.15, -0.1) is 0 Å². The van der Waals surface area contributed by atoms with Gasteiger partial charge in [0.25, 0.3) is 0 Å². The van der Waals surface area contributed by atoms with Crippen LogP contribution < -0.4 is 0 Å². The number of benzene rings is 4. The minimum Gasteiger partial charge on any atom is -0.264 e. The van der Waals surface area contributed by atoms with Crippen molar-refractivity contribution < 1.29 is 0 Å². The van der Waals surface area contributed by atoms with Gasteiger partial charge in [0, 0.05) is 40.1 Å². The van der Waals surface area contributed by atoms with Gasteiger partial charge in [-0.3, -0.25) is 4.98 Å². The maximum absolute atomic E-state index is 10.6. The van der Waals surface area contributed by atoms with Crippen molar-refractivity contribution in [3.05, 3.63) is 120 Å². The summed E-state index contributed by atoms with van der Waals surface area (Å²) in [4.78, 5) is 19.8. The zero-order chi connectivity index (χ0) is 30.4. The molecule has 46 heavy (non-hydrogen) atoms. The third-order valence-corrected chi connectivity index (χ3v) is 11.6. The number of pyridine rings is 1. The molecule has 5 nitrogen and oxygen atoms in total. The fourth-order valence-corrected chi connectivity index (χ4v) is 10.0. The van der Waals surface area contributed by atoms with E-state index in [1.807, 2.05) is 42.7 Å². The summed E-state index contributed by atoms with van der Waals surface area (Å²) in [6.07, 6.45) is 10.6. The van der Waals surface area contributed by atoms with Gasteiger partial charge >= 0.3 is 0 Å². The molecule has 11 rings (SSSR count). The maximum atomic E-state index is 10.6. The zero-order valence-electron chi connectivity index (χ0n) is 25.4. The number of nitriles is 1. The second-order valence-electron chi connectivity index (χ2n) is 13.9. The summed E-state index contributed by atoms with van der Waals surface area (Å²) in [5.41, 5.74) is 8.32. The van der Waals surface area contributed by atoms with Gasteiger partial charge in [0.05, 0.1) is 11.6 Å². The van der Waals surface area contributed by atoms with E-state index in [0.717, 1.165) is 33.9 Å². The minimum absolute atomic E-state index is 0.0414. The fraction of sp³-hybridized carbons (Fsp3) is 0.244. The summed E-state index contributed by atoms with van der Waals surface area (Å²) in [5, 5.41) is 12.9. The van der Waals surface area contributed by atoms with Crippen LogP contribution in [0.2, 0.25) is 0 Å². The van der Waals surface area contributed by atoms with Gasteiger partial charge in [0.15, 0.2) is 17.5 Å². The molecule has 0 unspecified atom stereocenters. The SMILES string of the molecule is N#Cc1cc2c(cc1-c1nc(-c3ccccc3)nc(-c3ccc4ccccc4c3)n1)C1(c3ccncc3-2)C2CC3CC(C2)CC1C3. The van der Waals surface area contributed by atoms with Crippen LogP contribution in [0, 0.1) is 35.0 Å². The van der Waals surface area contributed by atoms with Crippen LogP contribution in [0.4, 0.5) is 0 Å². The summed E-state index contributed by atoms with van der Waals surface area (Å²) in [5.74, 6) is 4.68. The number of aromatic nitrogens is 4. The van der Waals surface area contributed by atoms with E-state index in [2.05, 4.69) is 71.7 Å². The van der Waals surface area contributed by atoms with E-state index in [1.165, 1.54) is 59.7 Å². The van der Waals surface area contributed by atoms with Crippen LogP contribution >= 0.6 is 0 Å². The van der Waals surface area contributed by atoms with E-state index >= 15 is 0 Å². The summed E-state index contributed by atoms with van der Waals surface area (Å²) >= 11 is 0. The average molecular weight is 594 g/mol. The first-order valence-electron chi connectivity index (χ1n) is 16.5. The largest absolute Gasteiger partial charge is 0.264 e. The highest BCUT2D eigenvalue weighted by Crippen LogP contribution is 2.69. The molecule has 4 fully saturated rings. The quantitative estimate of drug-likeness (QED) is 0.205. The van der Waals surface area contributed by atoms with Gasteiger partial charge < -0.3 is 0 Å². The molecule has 6 aromatic rings. The van der Waals surface area contributed by atoms with Gasteiger partial charge in [-0.05, 0) is 108 Å². The molecule has 0 N–H and O–H groups in total. The van der Waals surface area contributed by atoms with Crippen LogP contribution in [0.25, 0.3) is 56.1 Å². The number of nitrogens with zero attached hydrogens (tertiary/aromatic N) is 5. The highest BCUT2D eigenvalue weighted by molar-refractivity contribution is 5.88. The molecule has 2 aromatic heterocycles. The normalized spacial score (nSPS) is 25.0. The van der Waals surface area contributed by atoms with Crippen LogP contribution in [-0.4, -0.2) is 19.9 Å². The van der Waals surface area contributed by atoms with Gasteiger partial charge in [-0.1, -0.05) is 66.7 Å². The van der Waals surface area contributed by atoms with Crippen LogP contribution in [0.1, 0.15) is 48.8 Å². The van der Waals surface area contributed by atoms with E-state index in [9.17, 15) is 5.26 Å². The number of fused-ring (bicyclic) bond motifs is 4. The molecule has 220 valence electrons. The van der Waals surface area contributed by atoms with Crippen LogP contribution in [0.3, 0.4) is 0 Å². The molecule has 5 aliphatic carbocycles. The Morgan fingerprint density at radius 2 is 1.28 bits per heavy atom. The molecule has 2 heterocycles. The Hall–Kier alpha value is -5.21. The van der Waals surface area contributed by atoms with Crippen LogP contribution in [-0.2, 0) is 5.41 Å². The molecule has 0 aliphatic heterocycles.